The molecule has 1 heterocycles. The summed E-state index contributed by atoms with van der Waals surface area (Å²) >= 11 is 0. The molecule has 31 heavy (non-hydrogen) atoms. The Balaban J connectivity index is 1.35. The molecular weight excluding hydrogens is 390 g/mol. The number of rotatable bonds is 9. The second kappa shape index (κ2) is 12.7. The minimum Gasteiger partial charge on any atom is -0.490 e. The lowest BCUT2D eigenvalue weighted by Crippen LogP contribution is -2.43. The molecule has 1 amide bonds. The van der Waals surface area contributed by atoms with E-state index >= 15 is 0 Å². The van der Waals surface area contributed by atoms with E-state index in [4.69, 9.17) is 9.47 Å². The maximum atomic E-state index is 12.6. The number of carbonyl (C=O) groups is 2. The van der Waals surface area contributed by atoms with Crippen molar-refractivity contribution in [3.63, 3.8) is 0 Å². The van der Waals surface area contributed by atoms with Crippen LogP contribution in [0.15, 0.2) is 24.3 Å². The maximum absolute atomic E-state index is 12.6. The largest absolute Gasteiger partial charge is 0.490 e. The number of nitrogens with zero attached hydrogens (tertiary/aromatic N) is 1. The highest BCUT2D eigenvalue weighted by Gasteiger charge is 2.26. The molecule has 2 fully saturated rings. The predicted molar refractivity (Wildman–Crippen MR) is 123 cm³/mol. The summed E-state index contributed by atoms with van der Waals surface area (Å²) in [5, 5.41) is 0. The Morgan fingerprint density at radius 2 is 1.74 bits per heavy atom. The zero-order chi connectivity index (χ0) is 21.9. The summed E-state index contributed by atoms with van der Waals surface area (Å²) in [6.45, 7) is 3.43. The fourth-order valence-corrected chi connectivity index (χ4v) is 4.82. The Hall–Kier alpha value is -2.04. The van der Waals surface area contributed by atoms with Gasteiger partial charge in [0.25, 0.3) is 0 Å². The highest BCUT2D eigenvalue weighted by atomic mass is 16.6. The number of likely N-dealkylation sites (tertiary alicyclic amines) is 1. The van der Waals surface area contributed by atoms with E-state index in [1.54, 1.807) is 12.1 Å². The number of hydrogen-bond donors (Lipinski definition) is 0. The third kappa shape index (κ3) is 7.86. The third-order valence-corrected chi connectivity index (χ3v) is 6.86. The van der Waals surface area contributed by atoms with Crippen molar-refractivity contribution >= 4 is 12.4 Å². The molecule has 1 saturated heterocycles. The van der Waals surface area contributed by atoms with Crippen LogP contribution in [0.4, 0.5) is 4.79 Å². The summed E-state index contributed by atoms with van der Waals surface area (Å²) in [5.74, 6) is 1.65. The highest BCUT2D eigenvalue weighted by molar-refractivity contribution is 5.74. The second-order valence-electron chi connectivity index (χ2n) is 9.19. The number of piperidine rings is 1. The van der Waals surface area contributed by atoms with Crippen LogP contribution >= 0.6 is 0 Å². The van der Waals surface area contributed by atoms with Crippen LogP contribution < -0.4 is 4.74 Å². The molecule has 0 spiro atoms. The Morgan fingerprint density at radius 3 is 2.35 bits per heavy atom. The van der Waals surface area contributed by atoms with Crippen LogP contribution in [0.1, 0.15) is 94.3 Å². The van der Waals surface area contributed by atoms with Gasteiger partial charge in [-0.05, 0) is 49.4 Å². The van der Waals surface area contributed by atoms with Gasteiger partial charge in [0.15, 0.2) is 0 Å². The molecule has 5 heteroatoms. The highest BCUT2D eigenvalue weighted by Crippen LogP contribution is 2.28. The van der Waals surface area contributed by atoms with Crippen LogP contribution in [0.2, 0.25) is 0 Å². The van der Waals surface area contributed by atoms with Crippen molar-refractivity contribution < 1.29 is 19.1 Å². The average molecular weight is 430 g/mol. The molecule has 172 valence electrons. The van der Waals surface area contributed by atoms with Crippen molar-refractivity contribution in [3.8, 4) is 5.75 Å². The molecule has 0 bridgehead atoms. The van der Waals surface area contributed by atoms with Crippen LogP contribution in [0.25, 0.3) is 0 Å². The number of carbonyl (C=O) groups excluding carboxylic acids is 2. The molecule has 2 aliphatic rings. The van der Waals surface area contributed by atoms with Gasteiger partial charge >= 0.3 is 6.09 Å². The molecular formula is C26H39NO4. The number of hydrogen-bond acceptors (Lipinski definition) is 4. The summed E-state index contributed by atoms with van der Waals surface area (Å²) < 4.78 is 11.9. The zero-order valence-electron chi connectivity index (χ0n) is 19.1. The van der Waals surface area contributed by atoms with Crippen molar-refractivity contribution in [2.45, 2.75) is 96.2 Å². The molecule has 1 aliphatic carbocycles. The summed E-state index contributed by atoms with van der Waals surface area (Å²) in [7, 11) is 0. The fraction of sp³-hybridized carbons (Fsp3) is 0.692. The minimum atomic E-state index is -0.171. The standard InChI is InChI=1S/C26H39NO4/c1-2-23(11-7-10-21-8-5-3-4-6-9-21)31-26(29)27-18-16-25(17-19-27)30-24-14-12-22(20-28)13-15-24/h12-15,20-21,23,25H,2-11,16-19H2,1H3. The van der Waals surface area contributed by atoms with Gasteiger partial charge in [-0.2, -0.15) is 0 Å². The van der Waals surface area contributed by atoms with E-state index in [-0.39, 0.29) is 18.3 Å². The average Bonchev–Trinajstić information content (AvgIpc) is 3.08. The molecule has 1 saturated carbocycles. The van der Waals surface area contributed by atoms with Crippen LogP contribution in [-0.4, -0.2) is 42.6 Å². The monoisotopic (exact) mass is 429 g/mol. The first-order chi connectivity index (χ1) is 15.2. The second-order valence-corrected chi connectivity index (χ2v) is 9.19. The van der Waals surface area contributed by atoms with Crippen LogP contribution in [-0.2, 0) is 4.74 Å². The Labute approximate surface area is 187 Å². The first kappa shape index (κ1) is 23.6. The van der Waals surface area contributed by atoms with Gasteiger partial charge in [-0.1, -0.05) is 51.9 Å². The SMILES string of the molecule is CCC(CCCC1CCCCCC1)OC(=O)N1CCC(Oc2ccc(C=O)cc2)CC1. The number of amides is 1. The molecule has 5 nitrogen and oxygen atoms in total. The summed E-state index contributed by atoms with van der Waals surface area (Å²) in [5.41, 5.74) is 0.643. The van der Waals surface area contributed by atoms with Crippen molar-refractivity contribution in [1.82, 2.24) is 4.90 Å². The summed E-state index contributed by atoms with van der Waals surface area (Å²) in [6.07, 6.45) is 15.0. The van der Waals surface area contributed by atoms with Crippen LogP contribution in [0.3, 0.4) is 0 Å². The predicted octanol–water partition coefficient (Wildman–Crippen LogP) is 6.40. The van der Waals surface area contributed by atoms with E-state index in [0.29, 0.717) is 18.7 Å². The van der Waals surface area contributed by atoms with Gasteiger partial charge in [-0.25, -0.2) is 4.79 Å². The third-order valence-electron chi connectivity index (χ3n) is 6.86. The molecule has 0 radical (unpaired) electrons. The molecule has 1 unspecified atom stereocenters. The number of ether oxygens (including phenoxy) is 2. The van der Waals surface area contributed by atoms with E-state index < -0.39 is 0 Å². The lowest BCUT2D eigenvalue weighted by atomic mass is 9.93. The topological polar surface area (TPSA) is 55.8 Å². The van der Waals surface area contributed by atoms with Gasteiger partial charge in [0.05, 0.1) is 0 Å². The van der Waals surface area contributed by atoms with E-state index in [0.717, 1.165) is 50.1 Å². The van der Waals surface area contributed by atoms with Crippen molar-refractivity contribution in [2.24, 2.45) is 5.92 Å². The lowest BCUT2D eigenvalue weighted by Gasteiger charge is -2.32. The Morgan fingerprint density at radius 1 is 1.06 bits per heavy atom. The van der Waals surface area contributed by atoms with E-state index in [1.165, 1.54) is 44.9 Å². The van der Waals surface area contributed by atoms with Crippen molar-refractivity contribution in [1.29, 1.82) is 0 Å². The number of aldehydes is 1. The Kier molecular flexibility index (Phi) is 9.70. The quantitative estimate of drug-likeness (QED) is 0.337. The summed E-state index contributed by atoms with van der Waals surface area (Å²) in [6, 6.07) is 7.17. The number of benzene rings is 1. The molecule has 3 rings (SSSR count). The van der Waals surface area contributed by atoms with Gasteiger partial charge in [-0.15, -0.1) is 0 Å². The first-order valence-electron chi connectivity index (χ1n) is 12.4. The van der Waals surface area contributed by atoms with E-state index in [2.05, 4.69) is 6.92 Å². The summed E-state index contributed by atoms with van der Waals surface area (Å²) in [4.78, 5) is 25.2. The Bertz CT molecular complexity index is 658. The van der Waals surface area contributed by atoms with Crippen LogP contribution in [0.5, 0.6) is 5.75 Å². The van der Waals surface area contributed by atoms with Crippen molar-refractivity contribution in [2.75, 3.05) is 13.1 Å². The molecule has 0 aromatic heterocycles. The van der Waals surface area contributed by atoms with Crippen molar-refractivity contribution in [3.05, 3.63) is 29.8 Å². The van der Waals surface area contributed by atoms with E-state index in [1.807, 2.05) is 17.0 Å². The molecule has 1 aliphatic heterocycles. The zero-order valence-corrected chi connectivity index (χ0v) is 19.1. The molecule has 1 atom stereocenters. The van der Waals surface area contributed by atoms with Gasteiger partial charge in [0, 0.05) is 31.5 Å². The maximum Gasteiger partial charge on any atom is 0.410 e. The van der Waals surface area contributed by atoms with Gasteiger partial charge in [0.2, 0.25) is 0 Å². The van der Waals surface area contributed by atoms with Gasteiger partial charge in [0.1, 0.15) is 24.2 Å². The fourth-order valence-electron chi connectivity index (χ4n) is 4.82. The lowest BCUT2D eigenvalue weighted by molar-refractivity contribution is 0.0369. The van der Waals surface area contributed by atoms with E-state index in [9.17, 15) is 9.59 Å². The normalized spacial score (nSPS) is 19.5. The first-order valence-corrected chi connectivity index (χ1v) is 12.4. The van der Waals surface area contributed by atoms with Gasteiger partial charge in [-0.3, -0.25) is 4.79 Å². The van der Waals surface area contributed by atoms with Crippen LogP contribution in [0, 0.1) is 5.92 Å². The van der Waals surface area contributed by atoms with Gasteiger partial charge < -0.3 is 14.4 Å². The molecule has 1 aromatic rings. The smallest absolute Gasteiger partial charge is 0.410 e. The minimum absolute atomic E-state index is 0.0311. The molecule has 0 N–H and O–H groups in total. The molecule has 1 aromatic carbocycles.